The second-order valence-corrected chi connectivity index (χ2v) is 7.93. The van der Waals surface area contributed by atoms with Gasteiger partial charge in [0.1, 0.15) is 6.10 Å². The Bertz CT molecular complexity index is 587. The number of ether oxygens (including phenoxy) is 3. The van der Waals surface area contributed by atoms with Crippen LogP contribution in [0.15, 0.2) is 0 Å². The average molecular weight is 364 g/mol. The summed E-state index contributed by atoms with van der Waals surface area (Å²) in [6.07, 6.45) is -6.43. The maximum absolute atomic E-state index is 12.7. The number of rotatable bonds is 5. The van der Waals surface area contributed by atoms with Crippen LogP contribution in [0.1, 0.15) is 47.0 Å². The van der Waals surface area contributed by atoms with Crippen molar-refractivity contribution in [2.24, 2.45) is 17.3 Å². The van der Waals surface area contributed by atoms with E-state index in [0.717, 1.165) is 13.3 Å². The van der Waals surface area contributed by atoms with Gasteiger partial charge < -0.3 is 14.2 Å². The van der Waals surface area contributed by atoms with Gasteiger partial charge in [-0.3, -0.25) is 9.59 Å². The van der Waals surface area contributed by atoms with Gasteiger partial charge in [0, 0.05) is 5.92 Å². The van der Waals surface area contributed by atoms with Crippen LogP contribution < -0.4 is 0 Å². The summed E-state index contributed by atoms with van der Waals surface area (Å²) in [5.41, 5.74) is -2.01. The molecule has 5 nitrogen and oxygen atoms in total. The van der Waals surface area contributed by atoms with E-state index in [1.807, 2.05) is 20.8 Å². The highest BCUT2D eigenvalue weighted by atomic mass is 19.4. The monoisotopic (exact) mass is 364 g/mol. The highest BCUT2D eigenvalue weighted by molar-refractivity contribution is 6.03. The normalized spacial score (nSPS) is 38.0. The lowest BCUT2D eigenvalue weighted by Crippen LogP contribution is -2.48. The van der Waals surface area contributed by atoms with Gasteiger partial charge in [-0.05, 0) is 46.0 Å². The average Bonchev–Trinajstić information content (AvgIpc) is 3.08. The van der Waals surface area contributed by atoms with Gasteiger partial charge in [-0.2, -0.15) is 13.2 Å². The Kier molecular flexibility index (Phi) is 4.13. The highest BCUT2D eigenvalue weighted by Gasteiger charge is 2.75. The van der Waals surface area contributed by atoms with Crippen molar-refractivity contribution in [1.29, 1.82) is 0 Å². The molecule has 2 bridgehead atoms. The summed E-state index contributed by atoms with van der Waals surface area (Å²) >= 11 is 0. The largest absolute Gasteiger partial charge is 0.458 e. The molecule has 3 rings (SSSR count). The Morgan fingerprint density at radius 3 is 2.60 bits per heavy atom. The van der Waals surface area contributed by atoms with Gasteiger partial charge in [-0.15, -0.1) is 0 Å². The zero-order valence-electron chi connectivity index (χ0n) is 14.7. The van der Waals surface area contributed by atoms with Gasteiger partial charge in [0.15, 0.2) is 11.5 Å². The Morgan fingerprint density at radius 2 is 2.04 bits per heavy atom. The van der Waals surface area contributed by atoms with Crippen LogP contribution in [0.2, 0.25) is 0 Å². The Hall–Kier alpha value is -1.31. The van der Waals surface area contributed by atoms with Gasteiger partial charge in [0.05, 0.1) is 11.7 Å². The molecule has 6 atom stereocenters. The van der Waals surface area contributed by atoms with Gasteiger partial charge in [0.2, 0.25) is 0 Å². The summed E-state index contributed by atoms with van der Waals surface area (Å²) in [4.78, 5) is 24.9. The molecule has 2 saturated carbocycles. The summed E-state index contributed by atoms with van der Waals surface area (Å²) in [5, 5.41) is 0. The maximum Gasteiger partial charge on any atom is 0.425 e. The number of hydrogen-bond acceptors (Lipinski definition) is 5. The van der Waals surface area contributed by atoms with Crippen molar-refractivity contribution in [1.82, 2.24) is 0 Å². The number of alkyl halides is 3. The molecular formula is C17H23F3O5. The first-order valence-electron chi connectivity index (χ1n) is 8.59. The molecule has 25 heavy (non-hydrogen) atoms. The molecular weight excluding hydrogens is 341 g/mol. The summed E-state index contributed by atoms with van der Waals surface area (Å²) in [7, 11) is 0. The fraction of sp³-hybridized carbons (Fsp3) is 0.882. The summed E-state index contributed by atoms with van der Waals surface area (Å²) < 4.78 is 54.2. The summed E-state index contributed by atoms with van der Waals surface area (Å²) in [6, 6.07) is 0. The minimum atomic E-state index is -4.66. The molecule has 3 fully saturated rings. The molecule has 0 amide bonds. The zero-order chi connectivity index (χ0) is 18.8. The number of esters is 2. The zero-order valence-corrected chi connectivity index (χ0v) is 14.7. The van der Waals surface area contributed by atoms with Crippen LogP contribution in [0.3, 0.4) is 0 Å². The van der Waals surface area contributed by atoms with Gasteiger partial charge >= 0.3 is 18.1 Å². The molecule has 0 aromatic heterocycles. The van der Waals surface area contributed by atoms with Crippen molar-refractivity contribution in [3.8, 4) is 0 Å². The topological polar surface area (TPSA) is 61.8 Å². The molecule has 1 heterocycles. The van der Waals surface area contributed by atoms with Crippen molar-refractivity contribution in [3.05, 3.63) is 0 Å². The van der Waals surface area contributed by atoms with E-state index in [1.165, 1.54) is 0 Å². The lowest BCUT2D eigenvalue weighted by Gasteiger charge is -2.36. The molecule has 8 heteroatoms. The van der Waals surface area contributed by atoms with E-state index in [1.54, 1.807) is 0 Å². The van der Waals surface area contributed by atoms with E-state index in [2.05, 4.69) is 4.74 Å². The fourth-order valence-electron chi connectivity index (χ4n) is 4.22. The number of fused-ring (bicyclic) bond motifs is 1. The third-order valence-electron chi connectivity index (χ3n) is 5.98. The van der Waals surface area contributed by atoms with Crippen molar-refractivity contribution in [2.75, 3.05) is 0 Å². The minimum Gasteiger partial charge on any atom is -0.458 e. The number of halogens is 3. The van der Waals surface area contributed by atoms with E-state index >= 15 is 0 Å². The first-order chi connectivity index (χ1) is 11.4. The lowest BCUT2D eigenvalue weighted by molar-refractivity contribution is -0.223. The van der Waals surface area contributed by atoms with Crippen molar-refractivity contribution >= 4 is 11.9 Å². The third-order valence-corrected chi connectivity index (χ3v) is 5.98. The van der Waals surface area contributed by atoms with Crippen molar-refractivity contribution < 1.29 is 37.0 Å². The van der Waals surface area contributed by atoms with Crippen LogP contribution >= 0.6 is 0 Å². The Morgan fingerprint density at radius 1 is 1.40 bits per heavy atom. The van der Waals surface area contributed by atoms with Crippen LogP contribution in [0.25, 0.3) is 0 Å². The Labute approximate surface area is 144 Å². The predicted molar refractivity (Wildman–Crippen MR) is 79.4 cm³/mol. The first kappa shape index (κ1) is 18.5. The van der Waals surface area contributed by atoms with Gasteiger partial charge in [-0.25, -0.2) is 0 Å². The summed E-state index contributed by atoms with van der Waals surface area (Å²) in [6.45, 7) is 6.60. The first-order valence-corrected chi connectivity index (χ1v) is 8.59. The lowest BCUT2D eigenvalue weighted by atomic mass is 9.73. The quantitative estimate of drug-likeness (QED) is 0.554. The van der Waals surface area contributed by atoms with Crippen LogP contribution in [-0.4, -0.2) is 42.0 Å². The van der Waals surface area contributed by atoms with Gasteiger partial charge in [0.25, 0.3) is 0 Å². The second-order valence-electron chi connectivity index (χ2n) is 7.93. The van der Waals surface area contributed by atoms with Crippen LogP contribution in [0.5, 0.6) is 0 Å². The molecule has 0 aromatic rings. The maximum atomic E-state index is 12.7. The van der Waals surface area contributed by atoms with Crippen LogP contribution in [0, 0.1) is 17.3 Å². The van der Waals surface area contributed by atoms with Crippen molar-refractivity contribution in [3.63, 3.8) is 0 Å². The molecule has 0 aromatic carbocycles. The van der Waals surface area contributed by atoms with E-state index in [9.17, 15) is 22.8 Å². The number of hydrogen-bond donors (Lipinski definition) is 0. The fourth-order valence-corrected chi connectivity index (χ4v) is 4.22. The van der Waals surface area contributed by atoms with E-state index in [0.29, 0.717) is 6.42 Å². The molecule has 1 saturated heterocycles. The second kappa shape index (κ2) is 5.59. The third kappa shape index (κ3) is 2.73. The standard InChI is InChI=1S/C17H23F3O5/c1-5-15(3,4)25-11-9-6-10-12(11)24-14(22)16(10,7-9)13(21)23-8(2)17(18,19)20/h8-12H,5-7H2,1-4H3. The SMILES string of the molecule is CCC(C)(C)OC1C2CC3C1OC(=O)C3(C(=O)OC(C)C(F)(F)F)C2. The molecule has 0 spiro atoms. The molecule has 2 aliphatic carbocycles. The van der Waals surface area contributed by atoms with Crippen LogP contribution in [0.4, 0.5) is 13.2 Å². The molecule has 6 unspecified atom stereocenters. The molecule has 1 aliphatic heterocycles. The number of carbonyl (C=O) groups excluding carboxylic acids is 2. The minimum absolute atomic E-state index is 0.0963. The van der Waals surface area contributed by atoms with Crippen molar-refractivity contribution in [2.45, 2.75) is 77.0 Å². The smallest absolute Gasteiger partial charge is 0.425 e. The summed E-state index contributed by atoms with van der Waals surface area (Å²) in [5.74, 6) is -2.47. The van der Waals surface area contributed by atoms with E-state index in [4.69, 9.17) is 9.47 Å². The van der Waals surface area contributed by atoms with Gasteiger partial charge in [-0.1, -0.05) is 6.92 Å². The molecule has 142 valence electrons. The Balaban J connectivity index is 1.79. The molecule has 0 N–H and O–H groups in total. The van der Waals surface area contributed by atoms with E-state index < -0.39 is 47.3 Å². The highest BCUT2D eigenvalue weighted by Crippen LogP contribution is 2.63. The molecule has 0 radical (unpaired) electrons. The van der Waals surface area contributed by atoms with E-state index in [-0.39, 0.29) is 18.4 Å². The predicted octanol–water partition coefficient (Wildman–Crippen LogP) is 3.01. The number of carbonyl (C=O) groups is 2. The van der Waals surface area contributed by atoms with Crippen LogP contribution in [-0.2, 0) is 23.8 Å². The molecule has 3 aliphatic rings.